The molecule has 0 unspecified atom stereocenters. The summed E-state index contributed by atoms with van der Waals surface area (Å²) >= 11 is 1.64. The molecule has 0 N–H and O–H groups in total. The number of carbonyl (C=O) groups is 1. The number of fused-ring (bicyclic) bond motifs is 1. The molecule has 0 aliphatic heterocycles. The molecule has 3 rings (SSSR count). The smallest absolute Gasteiger partial charge is 0.227 e. The second-order valence-electron chi connectivity index (χ2n) is 5.49. The highest BCUT2D eigenvalue weighted by Gasteiger charge is 2.15. The van der Waals surface area contributed by atoms with Gasteiger partial charge in [-0.15, -0.1) is 0 Å². The van der Waals surface area contributed by atoms with Gasteiger partial charge in [-0.1, -0.05) is 41.6 Å². The van der Waals surface area contributed by atoms with Crippen molar-refractivity contribution in [3.8, 4) is 0 Å². The van der Waals surface area contributed by atoms with Crippen LogP contribution in [0.5, 0.6) is 0 Å². The van der Waals surface area contributed by atoms with Gasteiger partial charge in [0.05, 0.1) is 11.4 Å². The van der Waals surface area contributed by atoms with Crippen molar-refractivity contribution in [2.45, 2.75) is 18.6 Å². The Labute approximate surface area is 145 Å². The van der Waals surface area contributed by atoms with Gasteiger partial charge in [-0.2, -0.15) is 16.7 Å². The quantitative estimate of drug-likeness (QED) is 0.684. The largest absolute Gasteiger partial charge is 0.339 e. The lowest BCUT2D eigenvalue weighted by atomic mass is 10.1. The molecule has 5 nitrogen and oxygen atoms in total. The van der Waals surface area contributed by atoms with Gasteiger partial charge in [0.25, 0.3) is 0 Å². The standard InChI is InChI=1S/C18H19N3O2S/c1-21(15-9-5-7-13-6-3-4-8-14(13)15)18(22)11-10-17-19-16(12-24-2)20-23-17/h3-9H,10-12H2,1-2H3. The van der Waals surface area contributed by atoms with Crippen molar-refractivity contribution in [3.63, 3.8) is 0 Å². The lowest BCUT2D eigenvalue weighted by Gasteiger charge is -2.19. The summed E-state index contributed by atoms with van der Waals surface area (Å²) in [6.45, 7) is 0. The third-order valence-electron chi connectivity index (χ3n) is 3.84. The van der Waals surface area contributed by atoms with Crippen molar-refractivity contribution >= 4 is 34.1 Å². The Morgan fingerprint density at radius 1 is 1.21 bits per heavy atom. The van der Waals surface area contributed by atoms with E-state index >= 15 is 0 Å². The van der Waals surface area contributed by atoms with Gasteiger partial charge >= 0.3 is 0 Å². The van der Waals surface area contributed by atoms with E-state index in [4.69, 9.17) is 4.52 Å². The zero-order chi connectivity index (χ0) is 16.9. The average molecular weight is 341 g/mol. The van der Waals surface area contributed by atoms with Crippen LogP contribution >= 0.6 is 11.8 Å². The van der Waals surface area contributed by atoms with E-state index in [1.165, 1.54) is 0 Å². The van der Waals surface area contributed by atoms with Crippen LogP contribution in [0.15, 0.2) is 47.0 Å². The number of aromatic nitrogens is 2. The monoisotopic (exact) mass is 341 g/mol. The van der Waals surface area contributed by atoms with Gasteiger partial charge < -0.3 is 9.42 Å². The molecule has 24 heavy (non-hydrogen) atoms. The molecule has 6 heteroatoms. The predicted octanol–water partition coefficient (Wildman–Crippen LogP) is 3.68. The highest BCUT2D eigenvalue weighted by Crippen LogP contribution is 2.26. The lowest BCUT2D eigenvalue weighted by molar-refractivity contribution is -0.118. The fourth-order valence-corrected chi connectivity index (χ4v) is 2.97. The molecule has 1 amide bonds. The predicted molar refractivity (Wildman–Crippen MR) is 97.2 cm³/mol. The second kappa shape index (κ2) is 7.49. The van der Waals surface area contributed by atoms with E-state index in [2.05, 4.69) is 10.1 Å². The highest BCUT2D eigenvalue weighted by molar-refractivity contribution is 7.97. The Balaban J connectivity index is 1.69. The number of amides is 1. The Morgan fingerprint density at radius 3 is 2.83 bits per heavy atom. The molecule has 0 saturated carbocycles. The van der Waals surface area contributed by atoms with E-state index < -0.39 is 0 Å². The molecular formula is C18H19N3O2S. The number of thioether (sulfide) groups is 1. The minimum Gasteiger partial charge on any atom is -0.339 e. The summed E-state index contributed by atoms with van der Waals surface area (Å²) < 4.78 is 5.18. The van der Waals surface area contributed by atoms with Crippen LogP contribution in [0, 0.1) is 0 Å². The van der Waals surface area contributed by atoms with E-state index in [0.29, 0.717) is 30.3 Å². The zero-order valence-corrected chi connectivity index (χ0v) is 14.5. The van der Waals surface area contributed by atoms with Crippen molar-refractivity contribution in [1.29, 1.82) is 0 Å². The van der Waals surface area contributed by atoms with Crippen molar-refractivity contribution in [2.75, 3.05) is 18.2 Å². The van der Waals surface area contributed by atoms with Gasteiger partial charge in [0, 0.05) is 25.3 Å². The van der Waals surface area contributed by atoms with Crippen LogP contribution in [0.3, 0.4) is 0 Å². The number of benzene rings is 2. The minimum absolute atomic E-state index is 0.0240. The Morgan fingerprint density at radius 2 is 2.00 bits per heavy atom. The summed E-state index contributed by atoms with van der Waals surface area (Å²) in [5, 5.41) is 6.08. The molecule has 2 aromatic carbocycles. The molecule has 1 aromatic heterocycles. The maximum absolute atomic E-state index is 12.5. The van der Waals surface area contributed by atoms with E-state index in [1.54, 1.807) is 23.7 Å². The topological polar surface area (TPSA) is 59.2 Å². The number of carbonyl (C=O) groups excluding carboxylic acids is 1. The summed E-state index contributed by atoms with van der Waals surface area (Å²) in [5.41, 5.74) is 0.909. The minimum atomic E-state index is 0.0240. The second-order valence-corrected chi connectivity index (χ2v) is 6.35. The molecule has 0 bridgehead atoms. The van der Waals surface area contributed by atoms with E-state index in [-0.39, 0.29) is 5.91 Å². The molecule has 0 fully saturated rings. The first kappa shape index (κ1) is 16.5. The number of hydrogen-bond donors (Lipinski definition) is 0. The van der Waals surface area contributed by atoms with Crippen LogP contribution in [0.4, 0.5) is 5.69 Å². The Bertz CT molecular complexity index is 842. The van der Waals surface area contributed by atoms with Crippen LogP contribution in [0.25, 0.3) is 10.8 Å². The van der Waals surface area contributed by atoms with Crippen LogP contribution in [0.2, 0.25) is 0 Å². The molecule has 0 atom stereocenters. The molecule has 1 heterocycles. The SMILES string of the molecule is CSCc1noc(CCC(=O)N(C)c2cccc3ccccc23)n1. The first-order valence-corrected chi connectivity index (χ1v) is 9.13. The fourth-order valence-electron chi connectivity index (χ4n) is 2.60. The molecule has 0 radical (unpaired) electrons. The molecule has 124 valence electrons. The maximum atomic E-state index is 12.5. The maximum Gasteiger partial charge on any atom is 0.227 e. The van der Waals surface area contributed by atoms with Crippen molar-refractivity contribution in [1.82, 2.24) is 10.1 Å². The summed E-state index contributed by atoms with van der Waals surface area (Å²) in [5.74, 6) is 1.93. The van der Waals surface area contributed by atoms with Crippen LogP contribution in [-0.4, -0.2) is 29.4 Å². The van der Waals surface area contributed by atoms with Crippen molar-refractivity contribution in [2.24, 2.45) is 0 Å². The third-order valence-corrected chi connectivity index (χ3v) is 4.39. The number of hydrogen-bond acceptors (Lipinski definition) is 5. The molecular weight excluding hydrogens is 322 g/mol. The Kier molecular flexibility index (Phi) is 5.15. The average Bonchev–Trinajstić information content (AvgIpc) is 3.06. The molecule has 0 saturated heterocycles. The van der Waals surface area contributed by atoms with Gasteiger partial charge in [-0.3, -0.25) is 4.79 Å². The molecule has 0 aliphatic carbocycles. The summed E-state index contributed by atoms with van der Waals surface area (Å²) in [6, 6.07) is 14.0. The van der Waals surface area contributed by atoms with Gasteiger partial charge in [-0.05, 0) is 17.7 Å². The fraction of sp³-hybridized carbons (Fsp3) is 0.278. The Hall–Kier alpha value is -2.34. The summed E-state index contributed by atoms with van der Waals surface area (Å²) in [6.07, 6.45) is 2.77. The molecule has 3 aromatic rings. The van der Waals surface area contributed by atoms with Crippen LogP contribution in [0.1, 0.15) is 18.1 Å². The van der Waals surface area contributed by atoms with Crippen molar-refractivity contribution in [3.05, 3.63) is 54.2 Å². The van der Waals surface area contributed by atoms with Gasteiger partial charge in [0.15, 0.2) is 5.82 Å². The van der Waals surface area contributed by atoms with E-state index in [9.17, 15) is 4.79 Å². The normalized spacial score (nSPS) is 10.9. The van der Waals surface area contributed by atoms with Gasteiger partial charge in [0.1, 0.15) is 0 Å². The van der Waals surface area contributed by atoms with Crippen LogP contribution < -0.4 is 4.90 Å². The zero-order valence-electron chi connectivity index (χ0n) is 13.7. The van der Waals surface area contributed by atoms with E-state index in [1.807, 2.05) is 48.7 Å². The third kappa shape index (κ3) is 3.59. The summed E-state index contributed by atoms with van der Waals surface area (Å²) in [7, 11) is 1.80. The lowest BCUT2D eigenvalue weighted by Crippen LogP contribution is -2.26. The first-order valence-electron chi connectivity index (χ1n) is 7.74. The number of rotatable bonds is 6. The number of anilines is 1. The molecule has 0 spiro atoms. The number of aryl methyl sites for hydroxylation is 1. The van der Waals surface area contributed by atoms with Gasteiger partial charge in [-0.25, -0.2) is 0 Å². The van der Waals surface area contributed by atoms with Gasteiger partial charge in [0.2, 0.25) is 11.8 Å². The first-order chi connectivity index (χ1) is 11.7. The summed E-state index contributed by atoms with van der Waals surface area (Å²) in [4.78, 5) is 18.5. The van der Waals surface area contributed by atoms with Crippen LogP contribution in [-0.2, 0) is 17.0 Å². The molecule has 0 aliphatic rings. The number of nitrogens with zero attached hydrogens (tertiary/aromatic N) is 3. The van der Waals surface area contributed by atoms with E-state index in [0.717, 1.165) is 16.5 Å². The van der Waals surface area contributed by atoms with Crippen molar-refractivity contribution < 1.29 is 9.32 Å². The highest BCUT2D eigenvalue weighted by atomic mass is 32.2.